The van der Waals surface area contributed by atoms with Gasteiger partial charge in [0, 0.05) is 16.7 Å². The van der Waals surface area contributed by atoms with Gasteiger partial charge in [-0.1, -0.05) is 43.1 Å². The van der Waals surface area contributed by atoms with E-state index in [1.807, 2.05) is 32.0 Å². The largest absolute Gasteiger partial charge is 0.466 e. The Hall–Kier alpha value is -2.12. The number of carbonyl (C=O) groups excluding carboxylic acids is 1. The molecule has 120 valence electrons. The summed E-state index contributed by atoms with van der Waals surface area (Å²) in [6.45, 7) is 3.84. The van der Waals surface area contributed by atoms with Crippen LogP contribution in [0.4, 0.5) is 0 Å². The van der Waals surface area contributed by atoms with Gasteiger partial charge in [-0.25, -0.2) is 4.79 Å². The van der Waals surface area contributed by atoms with Gasteiger partial charge in [0.25, 0.3) is 0 Å². The van der Waals surface area contributed by atoms with Crippen molar-refractivity contribution in [3.05, 3.63) is 46.1 Å². The third-order valence-corrected chi connectivity index (χ3v) is 4.33. The van der Waals surface area contributed by atoms with E-state index >= 15 is 0 Å². The lowest BCUT2D eigenvalue weighted by molar-refractivity contribution is -0.136. The van der Waals surface area contributed by atoms with Crippen molar-refractivity contribution < 1.29 is 9.53 Å². The number of ether oxygens (including phenoxy) is 1. The SMILES string of the molecule is CCCC1=C(C(=O)OC)C(c2ccccc2Cl)C(C#N)C(C)=N1. The topological polar surface area (TPSA) is 62.5 Å². The number of allylic oxidation sites excluding steroid dienone is 1. The molecule has 0 bridgehead atoms. The number of esters is 1. The lowest BCUT2D eigenvalue weighted by atomic mass is 9.76. The van der Waals surface area contributed by atoms with Crippen molar-refractivity contribution in [1.29, 1.82) is 5.26 Å². The third-order valence-electron chi connectivity index (χ3n) is 3.99. The number of aliphatic imine (C=N–C) groups is 1. The molecule has 1 aromatic carbocycles. The molecular weight excluding hydrogens is 312 g/mol. The quantitative estimate of drug-likeness (QED) is 0.775. The normalized spacial score (nSPS) is 20.7. The number of methoxy groups -OCH3 is 1. The van der Waals surface area contributed by atoms with Crippen LogP contribution in [0.25, 0.3) is 0 Å². The predicted molar refractivity (Wildman–Crippen MR) is 90.4 cm³/mol. The van der Waals surface area contributed by atoms with Crippen molar-refractivity contribution in [2.24, 2.45) is 10.9 Å². The molecule has 2 rings (SSSR count). The minimum atomic E-state index is -0.537. The molecule has 5 heteroatoms. The standard InChI is InChI=1S/C18H19ClN2O2/c1-4-7-15-17(18(22)23-3)16(13(10-20)11(2)21-15)12-8-5-6-9-14(12)19/h5-6,8-9,13,16H,4,7H2,1-3H3. The van der Waals surface area contributed by atoms with Crippen LogP contribution >= 0.6 is 11.6 Å². The van der Waals surface area contributed by atoms with Gasteiger partial charge in [0.05, 0.1) is 30.4 Å². The zero-order valence-electron chi connectivity index (χ0n) is 13.5. The zero-order chi connectivity index (χ0) is 17.0. The lowest BCUT2D eigenvalue weighted by Crippen LogP contribution is -2.29. The van der Waals surface area contributed by atoms with Gasteiger partial charge in [-0.05, 0) is 25.0 Å². The number of halogens is 1. The van der Waals surface area contributed by atoms with E-state index in [9.17, 15) is 10.1 Å². The zero-order valence-corrected chi connectivity index (χ0v) is 14.2. The van der Waals surface area contributed by atoms with Gasteiger partial charge < -0.3 is 4.74 Å². The summed E-state index contributed by atoms with van der Waals surface area (Å²) >= 11 is 6.34. The summed E-state index contributed by atoms with van der Waals surface area (Å²) in [5, 5.41) is 10.2. The van der Waals surface area contributed by atoms with Crippen molar-refractivity contribution in [1.82, 2.24) is 0 Å². The molecule has 0 radical (unpaired) electrons. The Bertz CT molecular complexity index is 716. The minimum absolute atomic E-state index is 0.444. The number of carbonyl (C=O) groups is 1. The first kappa shape index (κ1) is 17.2. The fourth-order valence-corrected chi connectivity index (χ4v) is 3.20. The van der Waals surface area contributed by atoms with Crippen LogP contribution in [0, 0.1) is 17.2 Å². The van der Waals surface area contributed by atoms with E-state index in [-0.39, 0.29) is 0 Å². The van der Waals surface area contributed by atoms with Gasteiger partial charge in [0.1, 0.15) is 0 Å². The molecule has 0 fully saturated rings. The molecular formula is C18H19ClN2O2. The number of hydrogen-bond donors (Lipinski definition) is 0. The van der Waals surface area contributed by atoms with Crippen molar-refractivity contribution in [2.45, 2.75) is 32.6 Å². The van der Waals surface area contributed by atoms with Crippen molar-refractivity contribution in [2.75, 3.05) is 7.11 Å². The highest BCUT2D eigenvalue weighted by Crippen LogP contribution is 2.42. The Morgan fingerprint density at radius 3 is 2.70 bits per heavy atom. The molecule has 1 aliphatic rings. The van der Waals surface area contributed by atoms with E-state index in [2.05, 4.69) is 11.1 Å². The monoisotopic (exact) mass is 330 g/mol. The van der Waals surface area contributed by atoms with E-state index in [0.29, 0.717) is 28.4 Å². The maximum absolute atomic E-state index is 12.4. The Labute approximate surface area is 141 Å². The molecule has 0 N–H and O–H groups in total. The van der Waals surface area contributed by atoms with Crippen molar-refractivity contribution >= 4 is 23.3 Å². The lowest BCUT2D eigenvalue weighted by Gasteiger charge is -2.30. The maximum atomic E-state index is 12.4. The first-order chi connectivity index (χ1) is 11.0. The van der Waals surface area contributed by atoms with Crippen molar-refractivity contribution in [3.8, 4) is 6.07 Å². The summed E-state index contributed by atoms with van der Waals surface area (Å²) in [6.07, 6.45) is 1.50. The Morgan fingerprint density at radius 1 is 1.43 bits per heavy atom. The van der Waals surface area contributed by atoms with Crippen LogP contribution in [0.2, 0.25) is 5.02 Å². The van der Waals surface area contributed by atoms with Gasteiger partial charge >= 0.3 is 5.97 Å². The number of nitriles is 1. The number of benzene rings is 1. The molecule has 2 unspecified atom stereocenters. The molecule has 1 aromatic rings. The number of nitrogens with zero attached hydrogens (tertiary/aromatic N) is 2. The highest BCUT2D eigenvalue weighted by Gasteiger charge is 2.39. The number of rotatable bonds is 4. The molecule has 0 aliphatic carbocycles. The molecule has 0 amide bonds. The second kappa shape index (κ2) is 7.43. The molecule has 0 spiro atoms. The molecule has 1 heterocycles. The Morgan fingerprint density at radius 2 is 2.13 bits per heavy atom. The van der Waals surface area contributed by atoms with Crippen molar-refractivity contribution in [3.63, 3.8) is 0 Å². The summed E-state index contributed by atoms with van der Waals surface area (Å²) in [4.78, 5) is 16.9. The summed E-state index contributed by atoms with van der Waals surface area (Å²) in [5.74, 6) is -1.44. The first-order valence-electron chi connectivity index (χ1n) is 7.55. The second-order valence-electron chi connectivity index (χ2n) is 5.46. The molecule has 4 nitrogen and oxygen atoms in total. The summed E-state index contributed by atoms with van der Waals surface area (Å²) in [7, 11) is 1.34. The van der Waals surface area contributed by atoms with Crippen LogP contribution < -0.4 is 0 Å². The van der Waals surface area contributed by atoms with Gasteiger partial charge in [-0.15, -0.1) is 0 Å². The van der Waals surface area contributed by atoms with Gasteiger partial charge in [0.2, 0.25) is 0 Å². The summed E-state index contributed by atoms with van der Waals surface area (Å²) < 4.78 is 4.97. The highest BCUT2D eigenvalue weighted by atomic mass is 35.5. The van der Waals surface area contributed by atoms with E-state index < -0.39 is 17.8 Å². The average molecular weight is 331 g/mol. The van der Waals surface area contributed by atoms with E-state index in [0.717, 1.165) is 12.0 Å². The second-order valence-corrected chi connectivity index (χ2v) is 5.87. The fraction of sp³-hybridized carbons (Fsp3) is 0.389. The van der Waals surface area contributed by atoms with E-state index in [4.69, 9.17) is 16.3 Å². The summed E-state index contributed by atoms with van der Waals surface area (Å²) in [6, 6.07) is 9.56. The molecule has 1 aliphatic heterocycles. The average Bonchev–Trinajstić information content (AvgIpc) is 2.54. The van der Waals surface area contributed by atoms with Crippen LogP contribution in [-0.4, -0.2) is 18.8 Å². The predicted octanol–water partition coefficient (Wildman–Crippen LogP) is 4.27. The molecule has 0 saturated carbocycles. The van der Waals surface area contributed by atoms with Crippen LogP contribution in [0.1, 0.15) is 38.2 Å². The van der Waals surface area contributed by atoms with Gasteiger partial charge in [-0.2, -0.15) is 5.26 Å². The number of hydrogen-bond acceptors (Lipinski definition) is 4. The molecule has 0 aromatic heterocycles. The first-order valence-corrected chi connectivity index (χ1v) is 7.93. The Balaban J connectivity index is 2.71. The van der Waals surface area contributed by atoms with E-state index in [1.165, 1.54) is 7.11 Å². The van der Waals surface area contributed by atoms with Crippen LogP contribution in [0.5, 0.6) is 0 Å². The van der Waals surface area contributed by atoms with Gasteiger partial charge in [0.15, 0.2) is 0 Å². The highest BCUT2D eigenvalue weighted by molar-refractivity contribution is 6.31. The van der Waals surface area contributed by atoms with Gasteiger partial charge in [-0.3, -0.25) is 4.99 Å². The molecule has 0 saturated heterocycles. The molecule has 2 atom stereocenters. The van der Waals surface area contributed by atoms with Crippen LogP contribution in [0.3, 0.4) is 0 Å². The van der Waals surface area contributed by atoms with E-state index in [1.54, 1.807) is 6.07 Å². The minimum Gasteiger partial charge on any atom is -0.466 e. The fourth-order valence-electron chi connectivity index (χ4n) is 2.94. The smallest absolute Gasteiger partial charge is 0.336 e. The summed E-state index contributed by atoms with van der Waals surface area (Å²) in [5.41, 5.74) is 2.59. The maximum Gasteiger partial charge on any atom is 0.336 e. The molecule has 23 heavy (non-hydrogen) atoms. The Kier molecular flexibility index (Phi) is 5.57. The van der Waals surface area contributed by atoms with Crippen LogP contribution in [0.15, 0.2) is 40.5 Å². The third kappa shape index (κ3) is 3.30. The van der Waals surface area contributed by atoms with Crippen LogP contribution in [-0.2, 0) is 9.53 Å².